The van der Waals surface area contributed by atoms with Crippen molar-refractivity contribution < 1.29 is 0 Å². The molecule has 0 fully saturated rings. The summed E-state index contributed by atoms with van der Waals surface area (Å²) < 4.78 is 2.52. The molecule has 0 atom stereocenters. The van der Waals surface area contributed by atoms with Crippen LogP contribution in [0.15, 0.2) is 188 Å². The Morgan fingerprint density at radius 2 is 0.792 bits per heavy atom. The molecule has 0 N–H and O–H groups in total. The van der Waals surface area contributed by atoms with Gasteiger partial charge in [0.2, 0.25) is 0 Å². The molecule has 0 spiro atoms. The van der Waals surface area contributed by atoms with Gasteiger partial charge in [-0.3, -0.25) is 0 Å². The van der Waals surface area contributed by atoms with Crippen LogP contribution in [0.1, 0.15) is 0 Å². The van der Waals surface area contributed by atoms with Crippen LogP contribution in [0.25, 0.3) is 114 Å². The van der Waals surface area contributed by atoms with Crippen molar-refractivity contribution in [2.75, 3.05) is 0 Å². The summed E-state index contributed by atoms with van der Waals surface area (Å²) in [7, 11) is 0. The monoisotopic (exact) mass is 669 g/mol. The molecular weight excluding hydrogens is 639 g/mol. The van der Waals surface area contributed by atoms with Crippen LogP contribution >= 0.6 is 0 Å². The number of fused-ring (bicyclic) bond motifs is 16. The zero-order chi connectivity index (χ0) is 34.6. The van der Waals surface area contributed by atoms with E-state index >= 15 is 0 Å². The maximum Gasteiger partial charge on any atom is 0.0626 e. The Morgan fingerprint density at radius 1 is 0.283 bits per heavy atom. The van der Waals surface area contributed by atoms with Crippen molar-refractivity contribution in [1.82, 2.24) is 4.57 Å². The molecule has 1 aromatic heterocycles. The average molecular weight is 670 g/mol. The number of para-hydroxylation sites is 1. The molecule has 11 aromatic carbocycles. The normalized spacial score (nSPS) is 12.2. The highest BCUT2D eigenvalue weighted by Crippen LogP contribution is 2.47. The molecule has 0 aliphatic rings. The molecule has 12 rings (SSSR count). The quantitative estimate of drug-likeness (QED) is 0.161. The van der Waals surface area contributed by atoms with Crippen molar-refractivity contribution in [1.29, 1.82) is 0 Å². The molecule has 1 nitrogen and oxygen atoms in total. The summed E-state index contributed by atoms with van der Waals surface area (Å²) in [5.41, 5.74) is 6.15. The number of benzene rings is 11. The number of rotatable bonds is 2. The first kappa shape index (κ1) is 28.7. The van der Waals surface area contributed by atoms with Gasteiger partial charge in [-0.1, -0.05) is 158 Å². The minimum atomic E-state index is 1.17. The van der Waals surface area contributed by atoms with E-state index in [1.54, 1.807) is 0 Å². The third-order valence-electron chi connectivity index (χ3n) is 11.7. The van der Waals surface area contributed by atoms with Gasteiger partial charge in [0.05, 0.1) is 11.0 Å². The standard InChI is InChI=1S/C52H31N/c1-3-13-38-32(11-1)21-23-34-25-26-36(29-45(34)38)47-31-48-41-16-6-8-18-43(41)52-51(50(48)42-17-7-5-15-40(42)47)44-19-9-10-20-49(44)53(52)37-28-27-35-24-22-33-12-2-4-14-39(33)46(35)30-37/h1-31H. The molecule has 0 bridgehead atoms. The van der Waals surface area contributed by atoms with Crippen molar-refractivity contribution in [2.45, 2.75) is 0 Å². The summed E-state index contributed by atoms with van der Waals surface area (Å²) in [6.45, 7) is 0. The predicted molar refractivity (Wildman–Crippen MR) is 229 cm³/mol. The predicted octanol–water partition coefficient (Wildman–Crippen LogP) is 14.5. The van der Waals surface area contributed by atoms with E-state index in [-0.39, 0.29) is 0 Å². The van der Waals surface area contributed by atoms with Crippen LogP contribution in [0.2, 0.25) is 0 Å². The second-order valence-corrected chi connectivity index (χ2v) is 14.4. The van der Waals surface area contributed by atoms with E-state index < -0.39 is 0 Å². The summed E-state index contributed by atoms with van der Waals surface area (Å²) in [5, 5.41) is 20.4. The minimum absolute atomic E-state index is 1.17. The molecule has 0 unspecified atom stereocenters. The Labute approximate surface area is 305 Å². The maximum atomic E-state index is 2.52. The summed E-state index contributed by atoms with van der Waals surface area (Å²) in [6.07, 6.45) is 0. The lowest BCUT2D eigenvalue weighted by atomic mass is 9.87. The fourth-order valence-corrected chi connectivity index (χ4v) is 9.34. The van der Waals surface area contributed by atoms with Crippen LogP contribution < -0.4 is 0 Å². The van der Waals surface area contributed by atoms with Crippen molar-refractivity contribution >= 4 is 97.2 Å². The van der Waals surface area contributed by atoms with Gasteiger partial charge in [-0.25, -0.2) is 0 Å². The van der Waals surface area contributed by atoms with Gasteiger partial charge in [-0.05, 0) is 106 Å². The van der Waals surface area contributed by atoms with E-state index in [1.807, 2.05) is 0 Å². The van der Waals surface area contributed by atoms with Gasteiger partial charge < -0.3 is 4.57 Å². The Kier molecular flexibility index (Phi) is 5.84. The molecule has 1 heterocycles. The first-order valence-corrected chi connectivity index (χ1v) is 18.4. The van der Waals surface area contributed by atoms with Gasteiger partial charge in [-0.15, -0.1) is 0 Å². The van der Waals surface area contributed by atoms with E-state index in [4.69, 9.17) is 0 Å². The van der Waals surface area contributed by atoms with E-state index in [1.165, 1.54) is 114 Å². The van der Waals surface area contributed by atoms with Gasteiger partial charge in [0.1, 0.15) is 0 Å². The third kappa shape index (κ3) is 4.02. The zero-order valence-corrected chi connectivity index (χ0v) is 28.8. The molecule has 0 aliphatic heterocycles. The number of aromatic nitrogens is 1. The van der Waals surface area contributed by atoms with Crippen LogP contribution in [-0.2, 0) is 0 Å². The molecule has 1 heteroatoms. The van der Waals surface area contributed by atoms with Crippen LogP contribution in [0.5, 0.6) is 0 Å². The Hall–Kier alpha value is -6.96. The molecule has 0 amide bonds. The molecule has 0 saturated heterocycles. The lowest BCUT2D eigenvalue weighted by Crippen LogP contribution is -1.95. The van der Waals surface area contributed by atoms with Crippen LogP contribution in [-0.4, -0.2) is 4.57 Å². The molecule has 12 aromatic rings. The summed E-state index contributed by atoms with van der Waals surface area (Å²) in [6, 6.07) is 69.9. The Balaban J connectivity index is 1.24. The highest BCUT2D eigenvalue weighted by atomic mass is 15.0. The van der Waals surface area contributed by atoms with E-state index in [9.17, 15) is 0 Å². The van der Waals surface area contributed by atoms with Gasteiger partial charge in [0, 0.05) is 27.2 Å². The number of hydrogen-bond acceptors (Lipinski definition) is 0. The minimum Gasteiger partial charge on any atom is -0.309 e. The Bertz CT molecular complexity index is 3510. The van der Waals surface area contributed by atoms with Crippen molar-refractivity contribution in [3.05, 3.63) is 188 Å². The first-order chi connectivity index (χ1) is 26.3. The fraction of sp³-hybridized carbons (Fsp3) is 0. The van der Waals surface area contributed by atoms with Gasteiger partial charge >= 0.3 is 0 Å². The maximum absolute atomic E-state index is 2.52. The second kappa shape index (κ2) is 10.8. The van der Waals surface area contributed by atoms with Crippen LogP contribution in [0, 0.1) is 0 Å². The Morgan fingerprint density at radius 3 is 1.51 bits per heavy atom. The van der Waals surface area contributed by atoms with Crippen molar-refractivity contribution in [3.63, 3.8) is 0 Å². The van der Waals surface area contributed by atoms with Gasteiger partial charge in [0.25, 0.3) is 0 Å². The van der Waals surface area contributed by atoms with E-state index in [2.05, 4.69) is 193 Å². The van der Waals surface area contributed by atoms with E-state index in [0.717, 1.165) is 0 Å². The lowest BCUT2D eigenvalue weighted by Gasteiger charge is -2.17. The average Bonchev–Trinajstić information content (AvgIpc) is 3.58. The van der Waals surface area contributed by atoms with Gasteiger partial charge in [-0.2, -0.15) is 0 Å². The first-order valence-electron chi connectivity index (χ1n) is 18.4. The highest BCUT2D eigenvalue weighted by molar-refractivity contribution is 6.38. The fourth-order valence-electron chi connectivity index (χ4n) is 9.34. The smallest absolute Gasteiger partial charge is 0.0626 e. The largest absolute Gasteiger partial charge is 0.309 e. The summed E-state index contributed by atoms with van der Waals surface area (Å²) in [5.74, 6) is 0. The van der Waals surface area contributed by atoms with Crippen LogP contribution in [0.3, 0.4) is 0 Å². The zero-order valence-electron chi connectivity index (χ0n) is 28.8. The van der Waals surface area contributed by atoms with Gasteiger partial charge in [0.15, 0.2) is 0 Å². The molecule has 53 heavy (non-hydrogen) atoms. The molecule has 0 radical (unpaired) electrons. The summed E-state index contributed by atoms with van der Waals surface area (Å²) >= 11 is 0. The number of nitrogens with zero attached hydrogens (tertiary/aromatic N) is 1. The van der Waals surface area contributed by atoms with Crippen LogP contribution in [0.4, 0.5) is 0 Å². The molecular formula is C52H31N. The second-order valence-electron chi connectivity index (χ2n) is 14.4. The summed E-state index contributed by atoms with van der Waals surface area (Å²) in [4.78, 5) is 0. The van der Waals surface area contributed by atoms with Crippen molar-refractivity contribution in [2.24, 2.45) is 0 Å². The molecule has 0 aliphatic carbocycles. The lowest BCUT2D eigenvalue weighted by molar-refractivity contribution is 1.19. The molecule has 0 saturated carbocycles. The SMILES string of the molecule is c1ccc2c(c1)ccc1ccc(-c3cc4c5ccccc5c5c(c6ccccc6n5-c5ccc6ccc7ccccc7c6c5)c4c4ccccc34)cc12. The number of hydrogen-bond donors (Lipinski definition) is 0. The van der Waals surface area contributed by atoms with E-state index in [0.29, 0.717) is 0 Å². The highest BCUT2D eigenvalue weighted by Gasteiger charge is 2.22. The topological polar surface area (TPSA) is 4.93 Å². The molecule has 244 valence electrons. The third-order valence-corrected chi connectivity index (χ3v) is 11.7. The van der Waals surface area contributed by atoms with Crippen molar-refractivity contribution in [3.8, 4) is 16.8 Å².